The number of hydrogen-bond donors (Lipinski definition) is 2. The fourth-order valence-electron chi connectivity index (χ4n) is 1.71. The number of furan rings is 1. The van der Waals surface area contributed by atoms with Crippen LogP contribution in [0.25, 0.3) is 0 Å². The summed E-state index contributed by atoms with van der Waals surface area (Å²) in [5, 5.41) is 15.8. The monoisotopic (exact) mass is 303 g/mol. The van der Waals surface area contributed by atoms with Gasteiger partial charge in [-0.15, -0.1) is 0 Å². The van der Waals surface area contributed by atoms with E-state index in [1.54, 1.807) is 6.07 Å². The molecule has 0 aliphatic heterocycles. The molecule has 22 heavy (non-hydrogen) atoms. The highest BCUT2D eigenvalue weighted by Crippen LogP contribution is 2.12. The summed E-state index contributed by atoms with van der Waals surface area (Å²) >= 11 is 0. The SMILES string of the molecule is O=C(NCCNC(=O)c1ccco1)c1cccc([N+](=O)[O-])c1. The molecule has 8 heteroatoms. The van der Waals surface area contributed by atoms with Crippen LogP contribution in [0.5, 0.6) is 0 Å². The highest BCUT2D eigenvalue weighted by molar-refractivity contribution is 5.95. The van der Waals surface area contributed by atoms with Crippen LogP contribution in [-0.2, 0) is 0 Å². The summed E-state index contributed by atoms with van der Waals surface area (Å²) in [4.78, 5) is 33.4. The van der Waals surface area contributed by atoms with Gasteiger partial charge in [-0.3, -0.25) is 19.7 Å². The van der Waals surface area contributed by atoms with E-state index in [9.17, 15) is 19.7 Å². The van der Waals surface area contributed by atoms with E-state index in [4.69, 9.17) is 4.42 Å². The van der Waals surface area contributed by atoms with Crippen LogP contribution in [0.2, 0.25) is 0 Å². The lowest BCUT2D eigenvalue weighted by atomic mass is 10.2. The van der Waals surface area contributed by atoms with Crippen LogP contribution in [0.1, 0.15) is 20.9 Å². The van der Waals surface area contributed by atoms with Crippen molar-refractivity contribution in [2.24, 2.45) is 0 Å². The van der Waals surface area contributed by atoms with Gasteiger partial charge in [0.15, 0.2) is 5.76 Å². The maximum atomic E-state index is 11.8. The van der Waals surface area contributed by atoms with E-state index in [0.717, 1.165) is 0 Å². The number of nitrogens with zero attached hydrogens (tertiary/aromatic N) is 1. The largest absolute Gasteiger partial charge is 0.459 e. The fourth-order valence-corrected chi connectivity index (χ4v) is 1.71. The van der Waals surface area contributed by atoms with Gasteiger partial charge in [0.05, 0.1) is 11.2 Å². The van der Waals surface area contributed by atoms with Crippen molar-refractivity contribution in [2.75, 3.05) is 13.1 Å². The van der Waals surface area contributed by atoms with E-state index in [1.807, 2.05) is 0 Å². The lowest BCUT2D eigenvalue weighted by molar-refractivity contribution is -0.384. The molecule has 0 spiro atoms. The number of nitrogens with one attached hydrogen (secondary N) is 2. The number of nitro benzene ring substituents is 1. The van der Waals surface area contributed by atoms with Crippen LogP contribution in [0, 0.1) is 10.1 Å². The molecule has 0 atom stereocenters. The average Bonchev–Trinajstić information content (AvgIpc) is 3.05. The molecule has 0 radical (unpaired) electrons. The van der Waals surface area contributed by atoms with E-state index < -0.39 is 10.8 Å². The van der Waals surface area contributed by atoms with Crippen molar-refractivity contribution in [2.45, 2.75) is 0 Å². The van der Waals surface area contributed by atoms with Crippen molar-refractivity contribution < 1.29 is 18.9 Å². The Morgan fingerprint density at radius 1 is 1.09 bits per heavy atom. The van der Waals surface area contributed by atoms with Crippen LogP contribution in [-0.4, -0.2) is 29.8 Å². The molecule has 2 rings (SSSR count). The number of non-ortho nitro benzene ring substituents is 1. The standard InChI is InChI=1S/C14H13N3O5/c18-13(10-3-1-4-11(9-10)17(20)21)15-6-7-16-14(19)12-5-2-8-22-12/h1-5,8-9H,6-7H2,(H,15,18)(H,16,19). The molecule has 2 amide bonds. The maximum Gasteiger partial charge on any atom is 0.287 e. The summed E-state index contributed by atoms with van der Waals surface area (Å²) in [5.41, 5.74) is 0.0327. The Kier molecular flexibility index (Phi) is 4.86. The molecule has 1 aromatic heterocycles. The number of nitro groups is 1. The minimum absolute atomic E-state index is 0.154. The number of benzene rings is 1. The number of amides is 2. The van der Waals surface area contributed by atoms with Gasteiger partial charge in [0, 0.05) is 30.8 Å². The van der Waals surface area contributed by atoms with Gasteiger partial charge < -0.3 is 15.1 Å². The van der Waals surface area contributed by atoms with Gasteiger partial charge >= 0.3 is 0 Å². The van der Waals surface area contributed by atoms with Crippen LogP contribution >= 0.6 is 0 Å². The summed E-state index contributed by atoms with van der Waals surface area (Å²) in [7, 11) is 0. The topological polar surface area (TPSA) is 114 Å². The zero-order valence-electron chi connectivity index (χ0n) is 11.4. The van der Waals surface area contributed by atoms with Gasteiger partial charge in [-0.1, -0.05) is 6.07 Å². The smallest absolute Gasteiger partial charge is 0.287 e. The second kappa shape index (κ2) is 7.02. The predicted octanol–water partition coefficient (Wildman–Crippen LogP) is 1.35. The second-order valence-corrected chi connectivity index (χ2v) is 4.30. The molecular formula is C14H13N3O5. The molecule has 0 aliphatic rings. The molecule has 1 aromatic carbocycles. The number of carbonyl (C=O) groups is 2. The quantitative estimate of drug-likeness (QED) is 0.475. The average molecular weight is 303 g/mol. The zero-order valence-corrected chi connectivity index (χ0v) is 11.4. The van der Waals surface area contributed by atoms with Crippen molar-refractivity contribution in [3.63, 3.8) is 0 Å². The Morgan fingerprint density at radius 3 is 2.45 bits per heavy atom. The fraction of sp³-hybridized carbons (Fsp3) is 0.143. The third kappa shape index (κ3) is 3.92. The van der Waals surface area contributed by atoms with Gasteiger partial charge in [0.1, 0.15) is 0 Å². The lowest BCUT2D eigenvalue weighted by Crippen LogP contribution is -2.34. The molecule has 0 aliphatic carbocycles. The van der Waals surface area contributed by atoms with Crippen molar-refractivity contribution >= 4 is 17.5 Å². The molecule has 0 fully saturated rings. The molecule has 2 aromatic rings. The number of rotatable bonds is 6. The van der Waals surface area contributed by atoms with Gasteiger partial charge in [0.2, 0.25) is 0 Å². The van der Waals surface area contributed by atoms with Crippen molar-refractivity contribution in [1.82, 2.24) is 10.6 Å². The minimum atomic E-state index is -0.569. The first-order valence-electron chi connectivity index (χ1n) is 6.42. The summed E-state index contributed by atoms with van der Waals surface area (Å²) in [6.45, 7) is 0.397. The van der Waals surface area contributed by atoms with E-state index in [1.165, 1.54) is 36.6 Å². The molecule has 2 N–H and O–H groups in total. The summed E-state index contributed by atoms with van der Waals surface area (Å²) in [5.74, 6) is -0.643. The Labute approximate surface area is 125 Å². The van der Waals surface area contributed by atoms with Crippen LogP contribution < -0.4 is 10.6 Å². The minimum Gasteiger partial charge on any atom is -0.459 e. The predicted molar refractivity (Wildman–Crippen MR) is 76.5 cm³/mol. The Bertz CT molecular complexity index is 682. The highest BCUT2D eigenvalue weighted by Gasteiger charge is 2.11. The zero-order chi connectivity index (χ0) is 15.9. The normalized spacial score (nSPS) is 10.0. The summed E-state index contributed by atoms with van der Waals surface area (Å²) in [6.07, 6.45) is 1.39. The molecule has 1 heterocycles. The van der Waals surface area contributed by atoms with E-state index in [0.29, 0.717) is 0 Å². The Morgan fingerprint density at radius 2 is 1.82 bits per heavy atom. The first kappa shape index (κ1) is 15.2. The van der Waals surface area contributed by atoms with Crippen LogP contribution in [0.15, 0.2) is 47.1 Å². The maximum absolute atomic E-state index is 11.8. The van der Waals surface area contributed by atoms with Crippen LogP contribution in [0.3, 0.4) is 0 Å². The van der Waals surface area contributed by atoms with Gasteiger partial charge in [-0.2, -0.15) is 0 Å². The molecule has 0 saturated carbocycles. The first-order chi connectivity index (χ1) is 10.6. The molecule has 0 unspecified atom stereocenters. The third-order valence-electron chi connectivity index (χ3n) is 2.76. The van der Waals surface area contributed by atoms with Gasteiger partial charge in [0.25, 0.3) is 17.5 Å². The highest BCUT2D eigenvalue weighted by atomic mass is 16.6. The summed E-state index contributed by atoms with van der Waals surface area (Å²) < 4.78 is 4.92. The number of hydrogen-bond acceptors (Lipinski definition) is 5. The van der Waals surface area contributed by atoms with Gasteiger partial charge in [-0.25, -0.2) is 0 Å². The Hall–Kier alpha value is -3.16. The van der Waals surface area contributed by atoms with E-state index in [-0.39, 0.29) is 36.0 Å². The Balaban J connectivity index is 1.79. The van der Waals surface area contributed by atoms with E-state index in [2.05, 4.69) is 10.6 Å². The van der Waals surface area contributed by atoms with Crippen LogP contribution in [0.4, 0.5) is 5.69 Å². The van der Waals surface area contributed by atoms with Crippen molar-refractivity contribution in [3.8, 4) is 0 Å². The third-order valence-corrected chi connectivity index (χ3v) is 2.76. The van der Waals surface area contributed by atoms with Crippen molar-refractivity contribution in [1.29, 1.82) is 0 Å². The molecule has 0 bridgehead atoms. The molecule has 8 nitrogen and oxygen atoms in total. The molecular weight excluding hydrogens is 290 g/mol. The first-order valence-corrected chi connectivity index (χ1v) is 6.42. The lowest BCUT2D eigenvalue weighted by Gasteiger charge is -2.06. The number of carbonyl (C=O) groups excluding carboxylic acids is 2. The van der Waals surface area contributed by atoms with E-state index >= 15 is 0 Å². The summed E-state index contributed by atoms with van der Waals surface area (Å²) in [6, 6.07) is 8.53. The second-order valence-electron chi connectivity index (χ2n) is 4.30. The van der Waals surface area contributed by atoms with Gasteiger partial charge in [-0.05, 0) is 18.2 Å². The molecule has 114 valence electrons. The van der Waals surface area contributed by atoms with Crippen molar-refractivity contribution in [3.05, 3.63) is 64.1 Å². The molecule has 0 saturated heterocycles.